The van der Waals surface area contributed by atoms with Gasteiger partial charge in [-0.2, -0.15) is 0 Å². The zero-order chi connectivity index (χ0) is 13.1. The highest BCUT2D eigenvalue weighted by molar-refractivity contribution is 7.10. The van der Waals surface area contributed by atoms with Crippen molar-refractivity contribution in [2.24, 2.45) is 0 Å². The van der Waals surface area contributed by atoms with Crippen molar-refractivity contribution in [3.63, 3.8) is 0 Å². The zero-order valence-corrected chi connectivity index (χ0v) is 11.0. The molecule has 0 amide bonds. The molecule has 0 aliphatic carbocycles. The Morgan fingerprint density at radius 1 is 1.44 bits per heavy atom. The minimum atomic E-state index is -0.444. The molecule has 0 bridgehead atoms. The fourth-order valence-electron chi connectivity index (χ4n) is 1.57. The first-order valence-corrected chi connectivity index (χ1v) is 6.30. The molecule has 6 heteroatoms. The normalized spacial score (nSPS) is 10.3. The number of hydrogen-bond donors (Lipinski definition) is 0. The molecule has 0 aromatic carbocycles. The number of thiophene rings is 1. The number of rotatable bonds is 4. The summed E-state index contributed by atoms with van der Waals surface area (Å²) in [5.41, 5.74) is 1.27. The Balaban J connectivity index is 2.12. The maximum Gasteiger partial charge on any atom is 0.287 e. The molecule has 94 valence electrons. The van der Waals surface area contributed by atoms with Crippen LogP contribution in [0.15, 0.2) is 29.8 Å². The summed E-state index contributed by atoms with van der Waals surface area (Å²) in [7, 11) is 1.92. The van der Waals surface area contributed by atoms with Crippen LogP contribution < -0.4 is 4.90 Å². The van der Waals surface area contributed by atoms with Crippen molar-refractivity contribution in [1.82, 2.24) is 4.98 Å². The molecule has 2 aromatic rings. The highest BCUT2D eigenvalue weighted by atomic mass is 32.1. The van der Waals surface area contributed by atoms with E-state index in [9.17, 15) is 10.1 Å². The number of pyridine rings is 1. The van der Waals surface area contributed by atoms with Gasteiger partial charge in [0.2, 0.25) is 0 Å². The van der Waals surface area contributed by atoms with Gasteiger partial charge in [0.25, 0.3) is 5.69 Å². The van der Waals surface area contributed by atoms with Crippen molar-refractivity contribution >= 4 is 22.8 Å². The predicted molar refractivity (Wildman–Crippen MR) is 72.1 cm³/mol. The highest BCUT2D eigenvalue weighted by Gasteiger charge is 2.09. The Kier molecular flexibility index (Phi) is 3.57. The second-order valence-electron chi connectivity index (χ2n) is 4.01. The van der Waals surface area contributed by atoms with Gasteiger partial charge in [-0.3, -0.25) is 10.1 Å². The first-order valence-electron chi connectivity index (χ1n) is 5.42. The molecule has 0 atom stereocenters. The van der Waals surface area contributed by atoms with Gasteiger partial charge in [0, 0.05) is 18.0 Å². The quantitative estimate of drug-likeness (QED) is 0.628. The van der Waals surface area contributed by atoms with Gasteiger partial charge < -0.3 is 4.90 Å². The second kappa shape index (κ2) is 5.14. The van der Waals surface area contributed by atoms with Crippen LogP contribution in [0.1, 0.15) is 10.4 Å². The third-order valence-electron chi connectivity index (χ3n) is 2.68. The molecule has 0 saturated carbocycles. The summed E-state index contributed by atoms with van der Waals surface area (Å²) in [5, 5.41) is 12.6. The number of aryl methyl sites for hydroxylation is 1. The first kappa shape index (κ1) is 12.5. The molecule has 2 heterocycles. The van der Waals surface area contributed by atoms with Crippen LogP contribution in [0.3, 0.4) is 0 Å². The van der Waals surface area contributed by atoms with Gasteiger partial charge in [0.15, 0.2) is 0 Å². The lowest BCUT2D eigenvalue weighted by Crippen LogP contribution is -2.17. The van der Waals surface area contributed by atoms with E-state index in [1.165, 1.54) is 22.7 Å². The van der Waals surface area contributed by atoms with E-state index in [-0.39, 0.29) is 5.69 Å². The van der Waals surface area contributed by atoms with Gasteiger partial charge in [0.05, 0.1) is 11.5 Å². The summed E-state index contributed by atoms with van der Waals surface area (Å²) in [6, 6.07) is 5.22. The highest BCUT2D eigenvalue weighted by Crippen LogP contribution is 2.21. The van der Waals surface area contributed by atoms with Crippen molar-refractivity contribution in [3.8, 4) is 0 Å². The monoisotopic (exact) mass is 263 g/mol. The molecule has 0 unspecified atom stereocenters. The van der Waals surface area contributed by atoms with Crippen LogP contribution in [0.5, 0.6) is 0 Å². The van der Waals surface area contributed by atoms with Gasteiger partial charge in [-0.25, -0.2) is 4.98 Å². The van der Waals surface area contributed by atoms with E-state index in [2.05, 4.69) is 23.4 Å². The number of aromatic nitrogens is 1. The van der Waals surface area contributed by atoms with Crippen molar-refractivity contribution in [3.05, 3.63) is 50.3 Å². The summed E-state index contributed by atoms with van der Waals surface area (Å²) in [4.78, 5) is 17.4. The lowest BCUT2D eigenvalue weighted by molar-refractivity contribution is -0.385. The largest absolute Gasteiger partial charge is 0.355 e. The van der Waals surface area contributed by atoms with Crippen molar-refractivity contribution < 1.29 is 4.92 Å². The van der Waals surface area contributed by atoms with Gasteiger partial charge >= 0.3 is 0 Å². The van der Waals surface area contributed by atoms with Gasteiger partial charge in [-0.15, -0.1) is 11.3 Å². The fourth-order valence-corrected chi connectivity index (χ4v) is 2.53. The summed E-state index contributed by atoms with van der Waals surface area (Å²) in [6.07, 6.45) is 1.28. The van der Waals surface area contributed by atoms with Crippen molar-refractivity contribution in [2.45, 2.75) is 13.5 Å². The van der Waals surface area contributed by atoms with Crippen LogP contribution in [0, 0.1) is 17.0 Å². The molecular weight excluding hydrogens is 250 g/mol. The van der Waals surface area contributed by atoms with Gasteiger partial charge in [0.1, 0.15) is 12.0 Å². The van der Waals surface area contributed by atoms with E-state index in [0.717, 1.165) is 12.4 Å². The van der Waals surface area contributed by atoms with Crippen molar-refractivity contribution in [2.75, 3.05) is 11.9 Å². The Labute approximate surface area is 109 Å². The van der Waals surface area contributed by atoms with E-state index < -0.39 is 4.92 Å². The molecule has 2 rings (SSSR count). The Morgan fingerprint density at radius 2 is 2.22 bits per heavy atom. The number of hydrogen-bond acceptors (Lipinski definition) is 5. The SMILES string of the molecule is Cc1ccsc1CN(C)c1ccc([N+](=O)[O-])cn1. The molecule has 0 fully saturated rings. The first-order chi connectivity index (χ1) is 8.58. The number of nitrogens with zero attached hydrogens (tertiary/aromatic N) is 3. The maximum atomic E-state index is 10.5. The molecule has 5 nitrogen and oxygen atoms in total. The van der Waals surface area contributed by atoms with Crippen LogP contribution in [-0.2, 0) is 6.54 Å². The smallest absolute Gasteiger partial charge is 0.287 e. The lowest BCUT2D eigenvalue weighted by Gasteiger charge is -2.17. The van der Waals surface area contributed by atoms with E-state index in [1.54, 1.807) is 17.4 Å². The van der Waals surface area contributed by atoms with E-state index in [4.69, 9.17) is 0 Å². The minimum Gasteiger partial charge on any atom is -0.355 e. The van der Waals surface area contributed by atoms with E-state index in [0.29, 0.717) is 0 Å². The predicted octanol–water partition coefficient (Wildman–Crippen LogP) is 3.00. The molecule has 18 heavy (non-hydrogen) atoms. The van der Waals surface area contributed by atoms with E-state index in [1.807, 2.05) is 11.9 Å². The summed E-state index contributed by atoms with van der Waals surface area (Å²) < 4.78 is 0. The van der Waals surface area contributed by atoms with Crippen LogP contribution >= 0.6 is 11.3 Å². The van der Waals surface area contributed by atoms with Crippen LogP contribution in [0.2, 0.25) is 0 Å². The number of nitro groups is 1. The Bertz CT molecular complexity index is 551. The molecule has 0 aliphatic rings. The maximum absolute atomic E-state index is 10.5. The van der Waals surface area contributed by atoms with Crippen LogP contribution in [0.25, 0.3) is 0 Å². The lowest BCUT2D eigenvalue weighted by atomic mass is 10.3. The average molecular weight is 263 g/mol. The topological polar surface area (TPSA) is 59.3 Å². The summed E-state index contributed by atoms with van der Waals surface area (Å²) in [6.45, 7) is 2.83. The summed E-state index contributed by atoms with van der Waals surface area (Å²) >= 11 is 1.70. The second-order valence-corrected chi connectivity index (χ2v) is 5.02. The average Bonchev–Trinajstić information content (AvgIpc) is 2.75. The van der Waals surface area contributed by atoms with Crippen LogP contribution in [0.4, 0.5) is 11.5 Å². The molecular formula is C12H13N3O2S. The summed E-state index contributed by atoms with van der Waals surface area (Å²) in [5.74, 6) is 0.730. The molecule has 0 N–H and O–H groups in total. The van der Waals surface area contributed by atoms with Crippen molar-refractivity contribution in [1.29, 1.82) is 0 Å². The molecule has 0 saturated heterocycles. The Hall–Kier alpha value is -1.95. The van der Waals surface area contributed by atoms with Gasteiger partial charge in [-0.05, 0) is 30.0 Å². The fraction of sp³-hybridized carbons (Fsp3) is 0.250. The van der Waals surface area contributed by atoms with Gasteiger partial charge in [-0.1, -0.05) is 0 Å². The molecule has 2 aromatic heterocycles. The minimum absolute atomic E-state index is 0.0134. The molecule has 0 spiro atoms. The van der Waals surface area contributed by atoms with Crippen LogP contribution in [-0.4, -0.2) is 17.0 Å². The third-order valence-corrected chi connectivity index (χ3v) is 3.69. The zero-order valence-electron chi connectivity index (χ0n) is 10.2. The molecule has 0 radical (unpaired) electrons. The van der Waals surface area contributed by atoms with E-state index >= 15 is 0 Å². The third kappa shape index (κ3) is 2.65. The molecule has 0 aliphatic heterocycles. The number of anilines is 1. The Morgan fingerprint density at radius 3 is 2.72 bits per heavy atom. The standard InChI is InChI=1S/C12H13N3O2S/c1-9-5-6-18-11(9)8-14(2)12-4-3-10(7-13-12)15(16)17/h3-7H,8H2,1-2H3.